The number of hydrogen-bond donors (Lipinski definition) is 0. The lowest BCUT2D eigenvalue weighted by Gasteiger charge is -2.21. The normalized spacial score (nSPS) is 12.2. The molecule has 0 amide bonds. The number of fused-ring (bicyclic) bond motifs is 18. The molecule has 0 aliphatic rings. The van der Waals surface area contributed by atoms with E-state index in [9.17, 15) is 6.57 Å². The summed E-state index contributed by atoms with van der Waals surface area (Å²) < 4.78 is 59.7. The summed E-state index contributed by atoms with van der Waals surface area (Å²) in [5.74, 6) is 0. The summed E-state index contributed by atoms with van der Waals surface area (Å²) in [5.41, 5.74) is 15.5. The van der Waals surface area contributed by atoms with E-state index in [1.54, 1.807) is 0 Å². The molecule has 0 fully saturated rings. The third-order valence-corrected chi connectivity index (χ3v) is 20.2. The Labute approximate surface area is 556 Å². The van der Waals surface area contributed by atoms with Gasteiger partial charge in [-0.05, 0) is 139 Å². The van der Waals surface area contributed by atoms with Crippen LogP contribution in [0.5, 0.6) is 0 Å². The maximum Gasteiger partial charge on any atom is 0.415 e. The van der Waals surface area contributed by atoms with Gasteiger partial charge in [0.05, 0.1) is 90.7 Å². The molecule has 20 aromatic rings. The standard InChI is InChI=1S/C87H49F3N8/c1-91-54-44-52(43-53(45-54)87(88,89)90)71-50-85(97-81-46-55(93-73-27-11-3-19-59(73)60-20-4-12-28-74(60)93)35-39-67(81)68-40-36-56(47-82(68)97)94-75-29-13-5-21-61(75)62-22-6-14-30-76(62)94)86(51-72(71)92-2)98-83-48-57(95-77-31-15-7-23-63(77)64-24-8-16-32-78(64)95)37-41-69(83)70-42-38-58(49-84(70)98)96-79-33-17-9-25-65(79)66-26-10-18-34-80(66)96/h3-51H. The topological polar surface area (TPSA) is 38.3 Å². The van der Waals surface area contributed by atoms with E-state index in [0.717, 1.165) is 166 Å². The summed E-state index contributed by atoms with van der Waals surface area (Å²) in [7, 11) is 0. The largest absolute Gasteiger partial charge is 0.415 e. The fraction of sp³-hybridized carbons (Fsp3) is 0.0115. The van der Waals surface area contributed by atoms with E-state index in [2.05, 4.69) is 304 Å². The maximum absolute atomic E-state index is 15.3. The van der Waals surface area contributed by atoms with Crippen LogP contribution >= 0.6 is 0 Å². The molecule has 98 heavy (non-hydrogen) atoms. The summed E-state index contributed by atoms with van der Waals surface area (Å²) in [6, 6.07) is 101. The van der Waals surface area contributed by atoms with Gasteiger partial charge in [-0.25, -0.2) is 9.69 Å². The first-order valence-corrected chi connectivity index (χ1v) is 32.4. The van der Waals surface area contributed by atoms with Crippen LogP contribution in [0.25, 0.3) is 186 Å². The van der Waals surface area contributed by atoms with Crippen LogP contribution in [-0.4, -0.2) is 27.4 Å². The fourth-order valence-corrected chi connectivity index (χ4v) is 16.1. The SMILES string of the molecule is [C-]#[N+]c1cc(-c2cc(-n3c4cc(-n5c6ccccc6c6ccccc65)ccc4c4ccc(-n5c6ccccc6c6ccccc65)cc43)c(-n3c4cc(-n5c6ccccc6c6ccccc65)ccc4c4ccc(-n5c6ccccc6c6ccccc65)cc43)cc2[N+]#[C-])cc(C(F)(F)F)c1. The zero-order chi connectivity index (χ0) is 65.2. The summed E-state index contributed by atoms with van der Waals surface area (Å²) in [6.45, 7) is 17.4. The number of aromatic nitrogens is 6. The third-order valence-electron chi connectivity index (χ3n) is 20.2. The van der Waals surface area contributed by atoms with Crippen molar-refractivity contribution in [1.29, 1.82) is 0 Å². The zero-order valence-electron chi connectivity index (χ0n) is 52.0. The molecular weight excluding hydrogens is 1210 g/mol. The second kappa shape index (κ2) is 20.6. The first kappa shape index (κ1) is 55.1. The average molecular weight is 1260 g/mol. The van der Waals surface area contributed by atoms with Gasteiger partial charge >= 0.3 is 6.18 Å². The number of benzene rings is 14. The Kier molecular flexibility index (Phi) is 11.6. The van der Waals surface area contributed by atoms with Crippen LogP contribution in [0.15, 0.2) is 297 Å². The van der Waals surface area contributed by atoms with Crippen LogP contribution in [0, 0.1) is 13.1 Å². The number of rotatable bonds is 7. The molecule has 0 saturated heterocycles. The van der Waals surface area contributed by atoms with Gasteiger partial charge in [-0.2, -0.15) is 13.2 Å². The van der Waals surface area contributed by atoms with Gasteiger partial charge in [0.1, 0.15) is 0 Å². The Morgan fingerprint density at radius 1 is 0.245 bits per heavy atom. The molecule has 0 unspecified atom stereocenters. The number of para-hydroxylation sites is 8. The van der Waals surface area contributed by atoms with Crippen molar-refractivity contribution < 1.29 is 13.2 Å². The Bertz CT molecular complexity index is 6410. The Hall–Kier alpha value is -13.4. The second-order valence-corrected chi connectivity index (χ2v) is 25.3. The molecule has 6 aromatic heterocycles. The molecule has 0 bridgehead atoms. The van der Waals surface area contributed by atoms with Gasteiger partial charge in [0.15, 0.2) is 11.4 Å². The van der Waals surface area contributed by atoms with Crippen molar-refractivity contribution in [2.45, 2.75) is 6.18 Å². The van der Waals surface area contributed by atoms with Gasteiger partial charge in [-0.3, -0.25) is 0 Å². The molecule has 0 aliphatic heterocycles. The Morgan fingerprint density at radius 2 is 0.510 bits per heavy atom. The number of hydrogen-bond acceptors (Lipinski definition) is 0. The molecule has 20 rings (SSSR count). The van der Waals surface area contributed by atoms with Crippen molar-refractivity contribution in [3.8, 4) is 45.3 Å². The fourth-order valence-electron chi connectivity index (χ4n) is 16.1. The van der Waals surface area contributed by atoms with Crippen LogP contribution in [0.1, 0.15) is 5.56 Å². The van der Waals surface area contributed by atoms with Gasteiger partial charge in [0.25, 0.3) is 0 Å². The zero-order valence-corrected chi connectivity index (χ0v) is 52.0. The molecule has 6 heterocycles. The highest BCUT2D eigenvalue weighted by Crippen LogP contribution is 2.48. The Balaban J connectivity index is 0.972. The van der Waals surface area contributed by atoms with Crippen molar-refractivity contribution in [2.75, 3.05) is 0 Å². The number of alkyl halides is 3. The predicted octanol–water partition coefficient (Wildman–Crippen LogP) is 24.1. The van der Waals surface area contributed by atoms with Crippen molar-refractivity contribution in [1.82, 2.24) is 27.4 Å². The quantitative estimate of drug-likeness (QED) is 0.143. The minimum Gasteiger partial charge on any atom is -0.309 e. The van der Waals surface area contributed by atoms with E-state index in [4.69, 9.17) is 6.57 Å². The van der Waals surface area contributed by atoms with E-state index in [-0.39, 0.29) is 22.5 Å². The monoisotopic (exact) mass is 1260 g/mol. The molecule has 11 heteroatoms. The minimum absolute atomic E-state index is 0.0897. The lowest BCUT2D eigenvalue weighted by Crippen LogP contribution is -2.06. The van der Waals surface area contributed by atoms with Crippen LogP contribution in [0.4, 0.5) is 24.5 Å². The van der Waals surface area contributed by atoms with Crippen LogP contribution in [0.3, 0.4) is 0 Å². The smallest absolute Gasteiger partial charge is 0.309 e. The molecule has 0 aliphatic carbocycles. The minimum atomic E-state index is -4.80. The molecular formula is C87H49F3N8. The van der Waals surface area contributed by atoms with E-state index in [1.165, 1.54) is 6.07 Å². The first-order chi connectivity index (χ1) is 48.2. The van der Waals surface area contributed by atoms with Crippen molar-refractivity contribution in [2.24, 2.45) is 0 Å². The van der Waals surface area contributed by atoms with Crippen LogP contribution < -0.4 is 0 Å². The number of halogens is 3. The molecule has 8 nitrogen and oxygen atoms in total. The molecule has 458 valence electrons. The van der Waals surface area contributed by atoms with Crippen molar-refractivity contribution in [3.63, 3.8) is 0 Å². The first-order valence-electron chi connectivity index (χ1n) is 32.4. The van der Waals surface area contributed by atoms with E-state index >= 15 is 13.2 Å². The highest BCUT2D eigenvalue weighted by molar-refractivity contribution is 6.17. The lowest BCUT2D eigenvalue weighted by molar-refractivity contribution is -0.137. The highest BCUT2D eigenvalue weighted by atomic mass is 19.4. The van der Waals surface area contributed by atoms with Gasteiger partial charge in [0, 0.05) is 92.9 Å². The number of nitrogens with zero attached hydrogens (tertiary/aromatic N) is 8. The lowest BCUT2D eigenvalue weighted by atomic mass is 9.98. The second-order valence-electron chi connectivity index (χ2n) is 25.3. The molecule has 0 saturated carbocycles. The summed E-state index contributed by atoms with van der Waals surface area (Å²) in [4.78, 5) is 7.90. The average Bonchev–Trinajstić information content (AvgIpc) is 1.53. The van der Waals surface area contributed by atoms with Gasteiger partial charge in [-0.1, -0.05) is 170 Å². The predicted molar refractivity (Wildman–Crippen MR) is 395 cm³/mol. The summed E-state index contributed by atoms with van der Waals surface area (Å²) in [6.07, 6.45) is -4.80. The van der Waals surface area contributed by atoms with Gasteiger partial charge in [-0.15, -0.1) is 0 Å². The van der Waals surface area contributed by atoms with Crippen molar-refractivity contribution in [3.05, 3.63) is 326 Å². The molecule has 0 N–H and O–H groups in total. The molecule has 0 spiro atoms. The molecule has 14 aromatic carbocycles. The summed E-state index contributed by atoms with van der Waals surface area (Å²) >= 11 is 0. The van der Waals surface area contributed by atoms with E-state index in [0.29, 0.717) is 11.4 Å². The van der Waals surface area contributed by atoms with E-state index in [1.807, 2.05) is 12.1 Å². The van der Waals surface area contributed by atoms with Gasteiger partial charge < -0.3 is 27.4 Å². The highest BCUT2D eigenvalue weighted by Gasteiger charge is 2.33. The van der Waals surface area contributed by atoms with E-state index < -0.39 is 11.7 Å². The molecule has 0 radical (unpaired) electrons. The molecule has 0 atom stereocenters. The summed E-state index contributed by atoms with van der Waals surface area (Å²) in [5, 5.41) is 12.6. The van der Waals surface area contributed by atoms with Crippen LogP contribution in [0.2, 0.25) is 0 Å². The Morgan fingerprint density at radius 3 is 0.776 bits per heavy atom. The van der Waals surface area contributed by atoms with Gasteiger partial charge in [0.2, 0.25) is 0 Å². The van der Waals surface area contributed by atoms with Crippen molar-refractivity contribution >= 4 is 142 Å². The maximum atomic E-state index is 15.3. The third kappa shape index (κ3) is 7.87. The van der Waals surface area contributed by atoms with Crippen LogP contribution in [-0.2, 0) is 6.18 Å².